The average Bonchev–Trinajstić information content (AvgIpc) is 3.09. The zero-order valence-corrected chi connectivity index (χ0v) is 19.7. The molecule has 1 amide bonds. The van der Waals surface area contributed by atoms with E-state index in [2.05, 4.69) is 13.5 Å². The Labute approximate surface area is 197 Å². The van der Waals surface area contributed by atoms with Gasteiger partial charge in [-0.05, 0) is 48.7 Å². The quantitative estimate of drug-likeness (QED) is 0.399. The average molecular weight is 468 g/mol. The topological polar surface area (TPSA) is 69.0 Å². The minimum absolute atomic E-state index is 0.0845. The first kappa shape index (κ1) is 22.9. The lowest BCUT2D eigenvalue weighted by molar-refractivity contribution is 0.0725. The van der Waals surface area contributed by atoms with Crippen LogP contribution >= 0.6 is 11.6 Å². The number of hydrogen-bond donors (Lipinski definition) is 0. The molecule has 0 spiro atoms. The summed E-state index contributed by atoms with van der Waals surface area (Å²) in [5.74, 6) is 0.857. The van der Waals surface area contributed by atoms with E-state index < -0.39 is 6.04 Å². The smallest absolute Gasteiger partial charge is 0.290 e. The van der Waals surface area contributed by atoms with Crippen LogP contribution in [0.4, 0.5) is 0 Å². The first-order chi connectivity index (χ1) is 15.9. The molecule has 4 rings (SSSR count). The maximum absolute atomic E-state index is 13.6. The molecule has 172 valence electrons. The van der Waals surface area contributed by atoms with Crippen LogP contribution in [-0.4, -0.2) is 31.1 Å². The fraction of sp³-hybridized carbons (Fsp3) is 0.308. The Morgan fingerprint density at radius 1 is 1.21 bits per heavy atom. The molecule has 6 nitrogen and oxygen atoms in total. The van der Waals surface area contributed by atoms with Gasteiger partial charge < -0.3 is 18.8 Å². The van der Waals surface area contributed by atoms with E-state index in [0.29, 0.717) is 46.2 Å². The number of hydrogen-bond acceptors (Lipinski definition) is 5. The van der Waals surface area contributed by atoms with Gasteiger partial charge in [-0.2, -0.15) is 0 Å². The highest BCUT2D eigenvalue weighted by atomic mass is 35.5. The van der Waals surface area contributed by atoms with Crippen LogP contribution < -0.4 is 14.9 Å². The number of carbonyl (C=O) groups is 1. The van der Waals surface area contributed by atoms with Crippen molar-refractivity contribution in [2.24, 2.45) is 0 Å². The monoisotopic (exact) mass is 467 g/mol. The Bertz CT molecular complexity index is 1300. The number of nitrogens with zero attached hydrogens (tertiary/aromatic N) is 1. The number of rotatable bonds is 8. The summed E-state index contributed by atoms with van der Waals surface area (Å²) in [6.45, 7) is 8.38. The lowest BCUT2D eigenvalue weighted by Gasteiger charge is -2.25. The Kier molecular flexibility index (Phi) is 6.47. The summed E-state index contributed by atoms with van der Waals surface area (Å²) < 4.78 is 17.2. The standard InChI is InChI=1S/C26H26ClNO5/c1-5-7-10-28-23(16-8-9-19(32-11-6-2)21(13-16)31-4)22-24(29)17-14-18(27)15(3)12-20(17)33-25(22)26(28)30/h6,8-9,12-14,23H,2,5,7,10-11H2,1,3-4H3. The predicted octanol–water partition coefficient (Wildman–Crippen LogP) is 5.67. The first-order valence-electron chi connectivity index (χ1n) is 10.9. The summed E-state index contributed by atoms with van der Waals surface area (Å²) in [6, 6.07) is 8.14. The molecule has 1 aliphatic heterocycles. The van der Waals surface area contributed by atoms with Crippen molar-refractivity contribution < 1.29 is 18.7 Å². The van der Waals surface area contributed by atoms with E-state index in [-0.39, 0.29) is 17.1 Å². The summed E-state index contributed by atoms with van der Waals surface area (Å²) in [5, 5.41) is 0.834. The minimum Gasteiger partial charge on any atom is -0.493 e. The number of ether oxygens (including phenoxy) is 2. The van der Waals surface area contributed by atoms with Crippen molar-refractivity contribution in [1.82, 2.24) is 4.90 Å². The van der Waals surface area contributed by atoms with E-state index in [1.165, 1.54) is 0 Å². The molecule has 1 unspecified atom stereocenters. The van der Waals surface area contributed by atoms with Crippen molar-refractivity contribution in [1.29, 1.82) is 0 Å². The zero-order valence-electron chi connectivity index (χ0n) is 18.9. The Morgan fingerprint density at radius 2 is 2.00 bits per heavy atom. The fourth-order valence-electron chi connectivity index (χ4n) is 4.17. The number of aryl methyl sites for hydroxylation is 1. The van der Waals surface area contributed by atoms with Crippen molar-refractivity contribution in [2.45, 2.75) is 32.7 Å². The number of carbonyl (C=O) groups excluding carboxylic acids is 1. The maximum Gasteiger partial charge on any atom is 0.290 e. The minimum atomic E-state index is -0.595. The highest BCUT2D eigenvalue weighted by molar-refractivity contribution is 6.32. The molecule has 3 aromatic rings. The Hall–Kier alpha value is -3.25. The van der Waals surface area contributed by atoms with Crippen LogP contribution in [-0.2, 0) is 0 Å². The molecular formula is C26H26ClNO5. The molecule has 0 saturated heterocycles. The molecule has 33 heavy (non-hydrogen) atoms. The van der Waals surface area contributed by atoms with E-state index >= 15 is 0 Å². The van der Waals surface area contributed by atoms with Gasteiger partial charge in [-0.15, -0.1) is 0 Å². The lowest BCUT2D eigenvalue weighted by atomic mass is 9.97. The molecule has 1 aliphatic rings. The molecule has 2 heterocycles. The predicted molar refractivity (Wildman–Crippen MR) is 129 cm³/mol. The van der Waals surface area contributed by atoms with Crippen molar-refractivity contribution in [3.05, 3.63) is 80.7 Å². The number of fused-ring (bicyclic) bond motifs is 2. The van der Waals surface area contributed by atoms with Crippen LogP contribution in [0.2, 0.25) is 5.02 Å². The molecule has 7 heteroatoms. The molecule has 0 fully saturated rings. The second-order valence-corrected chi connectivity index (χ2v) is 8.44. The van der Waals surface area contributed by atoms with Gasteiger partial charge in [0.25, 0.3) is 5.91 Å². The third-order valence-electron chi connectivity index (χ3n) is 5.86. The van der Waals surface area contributed by atoms with E-state index in [1.54, 1.807) is 42.4 Å². The maximum atomic E-state index is 13.6. The molecule has 0 bridgehead atoms. The molecule has 0 N–H and O–H groups in total. The number of methoxy groups -OCH3 is 1. The van der Waals surface area contributed by atoms with E-state index in [9.17, 15) is 9.59 Å². The second-order valence-electron chi connectivity index (χ2n) is 8.04. The summed E-state index contributed by atoms with van der Waals surface area (Å²) in [5.41, 5.74) is 1.94. The third-order valence-corrected chi connectivity index (χ3v) is 6.27. The van der Waals surface area contributed by atoms with Gasteiger partial charge in [0.1, 0.15) is 12.2 Å². The lowest BCUT2D eigenvalue weighted by Crippen LogP contribution is -2.30. The van der Waals surface area contributed by atoms with Gasteiger partial charge in [-0.3, -0.25) is 9.59 Å². The van der Waals surface area contributed by atoms with Crippen LogP contribution in [0.3, 0.4) is 0 Å². The number of amides is 1. The van der Waals surface area contributed by atoms with Crippen LogP contribution in [0.15, 0.2) is 52.2 Å². The van der Waals surface area contributed by atoms with Gasteiger partial charge in [0, 0.05) is 11.6 Å². The van der Waals surface area contributed by atoms with E-state index in [1.807, 2.05) is 13.0 Å². The molecular weight excluding hydrogens is 442 g/mol. The number of benzene rings is 2. The third kappa shape index (κ3) is 4.00. The number of unbranched alkanes of at least 4 members (excludes halogenated alkanes) is 1. The summed E-state index contributed by atoms with van der Waals surface area (Å²) in [4.78, 5) is 28.7. The highest BCUT2D eigenvalue weighted by Gasteiger charge is 2.42. The van der Waals surface area contributed by atoms with Crippen molar-refractivity contribution in [2.75, 3.05) is 20.3 Å². The van der Waals surface area contributed by atoms with Crippen molar-refractivity contribution in [3.8, 4) is 11.5 Å². The largest absolute Gasteiger partial charge is 0.493 e. The Balaban J connectivity index is 1.92. The van der Waals surface area contributed by atoms with Gasteiger partial charge >= 0.3 is 0 Å². The van der Waals surface area contributed by atoms with Crippen LogP contribution in [0.25, 0.3) is 11.0 Å². The fourth-order valence-corrected chi connectivity index (χ4v) is 4.33. The Morgan fingerprint density at radius 3 is 2.70 bits per heavy atom. The summed E-state index contributed by atoms with van der Waals surface area (Å²) in [7, 11) is 1.55. The normalized spacial score (nSPS) is 15.1. The van der Waals surface area contributed by atoms with Crippen molar-refractivity contribution in [3.63, 3.8) is 0 Å². The van der Waals surface area contributed by atoms with Gasteiger partial charge in [0.05, 0.1) is 24.1 Å². The molecule has 0 radical (unpaired) electrons. The zero-order chi connectivity index (χ0) is 23.7. The number of halogens is 1. The van der Waals surface area contributed by atoms with Gasteiger partial charge in [0.2, 0.25) is 5.76 Å². The van der Waals surface area contributed by atoms with Gasteiger partial charge in [-0.1, -0.05) is 43.7 Å². The SMILES string of the molecule is C=CCOc1ccc(C2c3c(oc4cc(C)c(Cl)cc4c3=O)C(=O)N2CCCC)cc1OC. The second kappa shape index (κ2) is 9.32. The molecule has 1 atom stereocenters. The van der Waals surface area contributed by atoms with Crippen molar-refractivity contribution >= 4 is 28.5 Å². The highest BCUT2D eigenvalue weighted by Crippen LogP contribution is 2.41. The molecule has 0 aliphatic carbocycles. The molecule has 1 aromatic heterocycles. The van der Waals surface area contributed by atoms with Gasteiger partial charge in [-0.25, -0.2) is 0 Å². The molecule has 0 saturated carbocycles. The van der Waals surface area contributed by atoms with Gasteiger partial charge in [0.15, 0.2) is 16.9 Å². The molecule has 2 aromatic carbocycles. The van der Waals surface area contributed by atoms with Crippen LogP contribution in [0, 0.1) is 6.92 Å². The summed E-state index contributed by atoms with van der Waals surface area (Å²) >= 11 is 6.29. The van der Waals surface area contributed by atoms with Crippen LogP contribution in [0.1, 0.15) is 53.1 Å². The summed E-state index contributed by atoms with van der Waals surface area (Å²) in [6.07, 6.45) is 3.35. The van der Waals surface area contributed by atoms with E-state index in [0.717, 1.165) is 24.0 Å². The van der Waals surface area contributed by atoms with E-state index in [4.69, 9.17) is 25.5 Å². The van der Waals surface area contributed by atoms with Crippen LogP contribution in [0.5, 0.6) is 11.5 Å². The first-order valence-corrected chi connectivity index (χ1v) is 11.3.